The van der Waals surface area contributed by atoms with Crippen LogP contribution < -0.4 is 0 Å². The molecule has 0 aromatic heterocycles. The van der Waals surface area contributed by atoms with Crippen molar-refractivity contribution in [2.45, 2.75) is 32.6 Å². The van der Waals surface area contributed by atoms with Crippen molar-refractivity contribution in [1.29, 1.82) is 0 Å². The van der Waals surface area contributed by atoms with Gasteiger partial charge in [-0.1, -0.05) is 13.3 Å². The topological polar surface area (TPSA) is 26.3 Å². The zero-order chi connectivity index (χ0) is 8.27. The lowest BCUT2D eigenvalue weighted by Gasteiger charge is -2.06. The molecule has 11 heavy (non-hydrogen) atoms. The molecule has 0 bridgehead atoms. The molecule has 0 heterocycles. The van der Waals surface area contributed by atoms with Crippen molar-refractivity contribution in [2.24, 2.45) is 11.8 Å². The van der Waals surface area contributed by atoms with Gasteiger partial charge in [-0.2, -0.15) is 0 Å². The van der Waals surface area contributed by atoms with E-state index in [1.165, 1.54) is 20.0 Å². The highest BCUT2D eigenvalue weighted by Gasteiger charge is 2.29. The van der Waals surface area contributed by atoms with E-state index in [9.17, 15) is 4.79 Å². The van der Waals surface area contributed by atoms with Gasteiger partial charge in [0.05, 0.1) is 13.0 Å². The molecule has 0 radical (unpaired) electrons. The minimum atomic E-state index is -0.0130. The van der Waals surface area contributed by atoms with E-state index in [-0.39, 0.29) is 11.9 Å². The van der Waals surface area contributed by atoms with Crippen LogP contribution in [0.2, 0.25) is 0 Å². The summed E-state index contributed by atoms with van der Waals surface area (Å²) in [5, 5.41) is 0. The molecular weight excluding hydrogens is 140 g/mol. The molecule has 1 aliphatic carbocycles. The van der Waals surface area contributed by atoms with Gasteiger partial charge < -0.3 is 4.74 Å². The van der Waals surface area contributed by atoms with Crippen LogP contribution in [0.25, 0.3) is 0 Å². The van der Waals surface area contributed by atoms with Gasteiger partial charge in [-0.05, 0) is 25.2 Å². The van der Waals surface area contributed by atoms with Crippen LogP contribution in [0.3, 0.4) is 0 Å². The third kappa shape index (κ3) is 1.95. The average molecular weight is 156 g/mol. The minimum Gasteiger partial charge on any atom is -0.469 e. The molecule has 2 nitrogen and oxygen atoms in total. The third-order valence-electron chi connectivity index (χ3n) is 2.65. The molecule has 1 saturated carbocycles. The van der Waals surface area contributed by atoms with Gasteiger partial charge in [-0.3, -0.25) is 4.79 Å². The summed E-state index contributed by atoms with van der Waals surface area (Å²) in [5.74, 6) is 0.949. The van der Waals surface area contributed by atoms with Crippen molar-refractivity contribution in [3.8, 4) is 0 Å². The first-order valence-corrected chi connectivity index (χ1v) is 4.35. The lowest BCUT2D eigenvalue weighted by Crippen LogP contribution is -2.12. The Morgan fingerprint density at radius 1 is 1.55 bits per heavy atom. The summed E-state index contributed by atoms with van der Waals surface area (Å²) in [6.07, 6.45) is 4.48. The van der Waals surface area contributed by atoms with Crippen molar-refractivity contribution < 1.29 is 9.53 Å². The number of hydrogen-bond acceptors (Lipinski definition) is 2. The highest BCUT2D eigenvalue weighted by molar-refractivity contribution is 5.72. The number of methoxy groups -OCH3 is 1. The van der Waals surface area contributed by atoms with Gasteiger partial charge >= 0.3 is 5.97 Å². The molecule has 0 spiro atoms. The maximum Gasteiger partial charge on any atom is 0.308 e. The number of carbonyl (C=O) groups excluding carboxylic acids is 1. The van der Waals surface area contributed by atoms with Gasteiger partial charge in [0.1, 0.15) is 0 Å². The number of hydrogen-bond donors (Lipinski definition) is 0. The fourth-order valence-electron chi connectivity index (χ4n) is 1.83. The van der Waals surface area contributed by atoms with E-state index < -0.39 is 0 Å². The Morgan fingerprint density at radius 3 is 2.73 bits per heavy atom. The summed E-state index contributed by atoms with van der Waals surface area (Å²) in [6.45, 7) is 2.18. The average Bonchev–Trinajstić information content (AvgIpc) is 2.50. The Hall–Kier alpha value is -0.530. The first kappa shape index (κ1) is 8.57. The monoisotopic (exact) mass is 156 g/mol. The van der Waals surface area contributed by atoms with Gasteiger partial charge in [0.25, 0.3) is 0 Å². The molecule has 0 amide bonds. The van der Waals surface area contributed by atoms with Crippen molar-refractivity contribution in [3.63, 3.8) is 0 Å². The van der Waals surface area contributed by atoms with Crippen molar-refractivity contribution >= 4 is 5.97 Å². The van der Waals surface area contributed by atoms with Crippen molar-refractivity contribution in [2.75, 3.05) is 7.11 Å². The van der Waals surface area contributed by atoms with E-state index >= 15 is 0 Å². The molecule has 1 fully saturated rings. The second-order valence-corrected chi connectivity index (χ2v) is 3.31. The van der Waals surface area contributed by atoms with E-state index in [0.717, 1.165) is 18.8 Å². The van der Waals surface area contributed by atoms with Gasteiger partial charge in [0, 0.05) is 0 Å². The second-order valence-electron chi connectivity index (χ2n) is 3.31. The molecule has 0 aromatic carbocycles. The van der Waals surface area contributed by atoms with Gasteiger partial charge in [0.15, 0.2) is 0 Å². The van der Waals surface area contributed by atoms with Crippen LogP contribution in [0, 0.1) is 11.8 Å². The Kier molecular flexibility index (Phi) is 2.92. The molecule has 2 unspecified atom stereocenters. The zero-order valence-corrected chi connectivity index (χ0v) is 7.30. The van der Waals surface area contributed by atoms with E-state index in [1.54, 1.807) is 0 Å². The number of esters is 1. The van der Waals surface area contributed by atoms with E-state index in [1.807, 2.05) is 0 Å². The van der Waals surface area contributed by atoms with Crippen molar-refractivity contribution in [3.05, 3.63) is 0 Å². The third-order valence-corrected chi connectivity index (χ3v) is 2.65. The van der Waals surface area contributed by atoms with Crippen LogP contribution in [0.4, 0.5) is 0 Å². The summed E-state index contributed by atoms with van der Waals surface area (Å²) < 4.78 is 4.69. The zero-order valence-electron chi connectivity index (χ0n) is 7.30. The summed E-state index contributed by atoms with van der Waals surface area (Å²) in [4.78, 5) is 11.1. The summed E-state index contributed by atoms with van der Waals surface area (Å²) in [7, 11) is 1.47. The molecule has 0 saturated heterocycles. The SMILES string of the molecule is CCC1CCC(C(=O)OC)C1. The molecule has 2 heteroatoms. The van der Waals surface area contributed by atoms with Crippen LogP contribution in [0.1, 0.15) is 32.6 Å². The molecular formula is C9H16O2. The largest absolute Gasteiger partial charge is 0.469 e. The lowest BCUT2D eigenvalue weighted by molar-refractivity contribution is -0.145. The smallest absolute Gasteiger partial charge is 0.308 e. The van der Waals surface area contributed by atoms with E-state index in [2.05, 4.69) is 11.7 Å². The number of carbonyl (C=O) groups is 1. The molecule has 2 atom stereocenters. The fraction of sp³-hybridized carbons (Fsp3) is 0.889. The molecule has 1 aliphatic rings. The first-order valence-electron chi connectivity index (χ1n) is 4.35. The Morgan fingerprint density at radius 2 is 2.27 bits per heavy atom. The number of ether oxygens (including phenoxy) is 1. The molecule has 0 N–H and O–H groups in total. The summed E-state index contributed by atoms with van der Waals surface area (Å²) in [6, 6.07) is 0. The molecule has 64 valence electrons. The minimum absolute atomic E-state index is 0.0130. The predicted octanol–water partition coefficient (Wildman–Crippen LogP) is 1.99. The molecule has 0 aromatic rings. The quantitative estimate of drug-likeness (QED) is 0.571. The van der Waals surface area contributed by atoms with Gasteiger partial charge in [-0.25, -0.2) is 0 Å². The molecule has 0 aliphatic heterocycles. The fourth-order valence-corrected chi connectivity index (χ4v) is 1.83. The highest BCUT2D eigenvalue weighted by Crippen LogP contribution is 2.33. The number of rotatable bonds is 2. The molecule has 1 rings (SSSR count). The first-order chi connectivity index (χ1) is 5.27. The Labute approximate surface area is 67.9 Å². The highest BCUT2D eigenvalue weighted by atomic mass is 16.5. The Bertz CT molecular complexity index is 142. The van der Waals surface area contributed by atoms with Crippen LogP contribution in [0.5, 0.6) is 0 Å². The Balaban J connectivity index is 2.35. The summed E-state index contributed by atoms with van der Waals surface area (Å²) in [5.41, 5.74) is 0. The maximum atomic E-state index is 11.1. The van der Waals surface area contributed by atoms with Crippen LogP contribution in [-0.2, 0) is 9.53 Å². The van der Waals surface area contributed by atoms with Gasteiger partial charge in [0.2, 0.25) is 0 Å². The normalized spacial score (nSPS) is 30.4. The van der Waals surface area contributed by atoms with Gasteiger partial charge in [-0.15, -0.1) is 0 Å². The van der Waals surface area contributed by atoms with E-state index in [0.29, 0.717) is 0 Å². The van der Waals surface area contributed by atoms with Crippen LogP contribution in [-0.4, -0.2) is 13.1 Å². The predicted molar refractivity (Wildman–Crippen MR) is 43.1 cm³/mol. The maximum absolute atomic E-state index is 11.1. The van der Waals surface area contributed by atoms with Crippen LogP contribution >= 0.6 is 0 Å². The van der Waals surface area contributed by atoms with E-state index in [4.69, 9.17) is 0 Å². The lowest BCUT2D eigenvalue weighted by atomic mass is 10.0. The second kappa shape index (κ2) is 3.74. The standard InChI is InChI=1S/C9H16O2/c1-3-7-4-5-8(6-7)9(10)11-2/h7-8H,3-6H2,1-2H3. The summed E-state index contributed by atoms with van der Waals surface area (Å²) >= 11 is 0. The van der Waals surface area contributed by atoms with Crippen molar-refractivity contribution in [1.82, 2.24) is 0 Å². The van der Waals surface area contributed by atoms with Crippen LogP contribution in [0.15, 0.2) is 0 Å².